The summed E-state index contributed by atoms with van der Waals surface area (Å²) in [7, 11) is 0. The molecule has 0 aliphatic heterocycles. The molecule has 0 saturated heterocycles. The number of pyridine rings is 1. The molecule has 1 N–H and O–H groups in total. The molecule has 1 aromatic rings. The molecule has 104 valence electrons. The zero-order valence-electron chi connectivity index (χ0n) is 11.7. The van der Waals surface area contributed by atoms with E-state index in [-0.39, 0.29) is 5.97 Å². The smallest absolute Gasteiger partial charge is 0.341 e. The van der Waals surface area contributed by atoms with E-state index in [0.717, 1.165) is 6.54 Å². The minimum Gasteiger partial charge on any atom is -0.462 e. The summed E-state index contributed by atoms with van der Waals surface area (Å²) in [5, 5.41) is 3.33. The van der Waals surface area contributed by atoms with Gasteiger partial charge in [-0.2, -0.15) is 0 Å². The summed E-state index contributed by atoms with van der Waals surface area (Å²) < 4.78 is 5.04. The number of carbonyl (C=O) groups is 1. The van der Waals surface area contributed by atoms with Gasteiger partial charge in [-0.3, -0.25) is 0 Å². The van der Waals surface area contributed by atoms with Crippen LogP contribution in [0.3, 0.4) is 0 Å². The van der Waals surface area contributed by atoms with Crippen molar-refractivity contribution in [1.29, 1.82) is 0 Å². The molecule has 1 saturated carbocycles. The van der Waals surface area contributed by atoms with Crippen LogP contribution in [-0.2, 0) is 4.74 Å². The van der Waals surface area contributed by atoms with Gasteiger partial charge in [0, 0.05) is 12.7 Å². The lowest BCUT2D eigenvalue weighted by atomic mass is 10.0. The molecule has 1 aliphatic rings. The average Bonchev–Trinajstić information content (AvgIpc) is 3.18. The van der Waals surface area contributed by atoms with Crippen molar-refractivity contribution < 1.29 is 9.53 Å². The first-order valence-electron chi connectivity index (χ1n) is 7.07. The van der Waals surface area contributed by atoms with Crippen LogP contribution in [0.25, 0.3) is 0 Å². The highest BCUT2D eigenvalue weighted by atomic mass is 16.5. The second-order valence-electron chi connectivity index (χ2n) is 5.22. The summed E-state index contributed by atoms with van der Waals surface area (Å²) in [5.41, 5.74) is 0.953. The van der Waals surface area contributed by atoms with Gasteiger partial charge >= 0.3 is 5.97 Å². The van der Waals surface area contributed by atoms with Gasteiger partial charge in [0.05, 0.1) is 6.61 Å². The zero-order valence-corrected chi connectivity index (χ0v) is 11.7. The Morgan fingerprint density at radius 2 is 2.26 bits per heavy atom. The largest absolute Gasteiger partial charge is 0.462 e. The molecule has 4 heteroatoms. The summed E-state index contributed by atoms with van der Waals surface area (Å²) in [6, 6.07) is 3.52. The van der Waals surface area contributed by atoms with Crippen LogP contribution in [0.15, 0.2) is 18.3 Å². The second-order valence-corrected chi connectivity index (χ2v) is 5.22. The van der Waals surface area contributed by atoms with E-state index >= 15 is 0 Å². The lowest BCUT2D eigenvalue weighted by Crippen LogP contribution is -2.18. The number of carbonyl (C=O) groups excluding carboxylic acids is 1. The molecular weight excluding hydrogens is 240 g/mol. The average molecular weight is 262 g/mol. The number of ether oxygens (including phenoxy) is 1. The topological polar surface area (TPSA) is 51.2 Å². The highest BCUT2D eigenvalue weighted by Crippen LogP contribution is 2.49. The Balaban J connectivity index is 2.02. The Morgan fingerprint density at radius 1 is 1.47 bits per heavy atom. The number of hydrogen-bond acceptors (Lipinski definition) is 4. The van der Waals surface area contributed by atoms with Crippen molar-refractivity contribution in [2.24, 2.45) is 5.41 Å². The van der Waals surface area contributed by atoms with E-state index in [0.29, 0.717) is 23.4 Å². The first-order chi connectivity index (χ1) is 9.21. The highest BCUT2D eigenvalue weighted by molar-refractivity contribution is 5.94. The van der Waals surface area contributed by atoms with Crippen molar-refractivity contribution in [3.05, 3.63) is 23.9 Å². The Hall–Kier alpha value is -1.58. The summed E-state index contributed by atoms with van der Waals surface area (Å²) in [6.45, 7) is 5.30. The number of nitrogens with one attached hydrogen (secondary N) is 1. The fraction of sp³-hybridized carbons (Fsp3) is 0.600. The maximum Gasteiger partial charge on any atom is 0.341 e. The molecule has 0 atom stereocenters. The van der Waals surface area contributed by atoms with Crippen LogP contribution in [0.2, 0.25) is 0 Å². The van der Waals surface area contributed by atoms with Crippen molar-refractivity contribution in [2.45, 2.75) is 39.5 Å². The molecule has 2 rings (SSSR count). The Labute approximate surface area is 114 Å². The monoisotopic (exact) mass is 262 g/mol. The SMILES string of the molecule is CCCC1(CNc2ncccc2C(=O)OCC)CC1. The second kappa shape index (κ2) is 6.04. The predicted octanol–water partition coefficient (Wildman–Crippen LogP) is 3.25. The first kappa shape index (κ1) is 13.8. The van der Waals surface area contributed by atoms with Crippen LogP contribution in [0, 0.1) is 5.41 Å². The maximum atomic E-state index is 11.8. The third-order valence-electron chi connectivity index (χ3n) is 3.67. The molecule has 0 amide bonds. The fourth-order valence-electron chi connectivity index (χ4n) is 2.41. The highest BCUT2D eigenvalue weighted by Gasteiger charge is 2.41. The number of nitrogens with zero attached hydrogens (tertiary/aromatic N) is 1. The molecule has 1 heterocycles. The molecule has 0 unspecified atom stereocenters. The molecule has 1 aromatic heterocycles. The van der Waals surface area contributed by atoms with Crippen molar-refractivity contribution in [2.75, 3.05) is 18.5 Å². The van der Waals surface area contributed by atoms with Gasteiger partial charge in [0.1, 0.15) is 11.4 Å². The molecule has 1 fully saturated rings. The van der Waals surface area contributed by atoms with Crippen molar-refractivity contribution >= 4 is 11.8 Å². The zero-order chi connectivity index (χ0) is 13.7. The third kappa shape index (κ3) is 3.46. The quantitative estimate of drug-likeness (QED) is 0.766. The van der Waals surface area contributed by atoms with E-state index in [9.17, 15) is 4.79 Å². The molecular formula is C15H22N2O2. The van der Waals surface area contributed by atoms with Crippen LogP contribution in [-0.4, -0.2) is 24.1 Å². The molecule has 0 spiro atoms. The Bertz CT molecular complexity index is 442. The summed E-state index contributed by atoms with van der Waals surface area (Å²) in [5.74, 6) is 0.335. The number of rotatable bonds is 7. The van der Waals surface area contributed by atoms with Gasteiger partial charge in [-0.15, -0.1) is 0 Å². The van der Waals surface area contributed by atoms with Crippen molar-refractivity contribution in [3.63, 3.8) is 0 Å². The van der Waals surface area contributed by atoms with Crippen LogP contribution < -0.4 is 5.32 Å². The lowest BCUT2D eigenvalue weighted by Gasteiger charge is -2.16. The molecule has 19 heavy (non-hydrogen) atoms. The van der Waals surface area contributed by atoms with Gasteiger partial charge in [-0.25, -0.2) is 9.78 Å². The molecule has 1 aliphatic carbocycles. The standard InChI is InChI=1S/C15H22N2O2/c1-3-7-15(8-9-15)11-17-13-12(6-5-10-16-13)14(18)19-4-2/h5-6,10H,3-4,7-9,11H2,1-2H3,(H,16,17). The van der Waals surface area contributed by atoms with Gasteiger partial charge in [-0.05, 0) is 43.7 Å². The van der Waals surface area contributed by atoms with Gasteiger partial charge in [0.25, 0.3) is 0 Å². The van der Waals surface area contributed by atoms with Crippen LogP contribution in [0.4, 0.5) is 5.82 Å². The number of anilines is 1. The summed E-state index contributed by atoms with van der Waals surface area (Å²) >= 11 is 0. The van der Waals surface area contributed by atoms with Crippen LogP contribution >= 0.6 is 0 Å². The van der Waals surface area contributed by atoms with E-state index in [1.165, 1.54) is 25.7 Å². The third-order valence-corrected chi connectivity index (χ3v) is 3.67. The van der Waals surface area contributed by atoms with Crippen molar-refractivity contribution in [3.8, 4) is 0 Å². The van der Waals surface area contributed by atoms with Gasteiger partial charge in [0.15, 0.2) is 0 Å². The van der Waals surface area contributed by atoms with Crippen molar-refractivity contribution in [1.82, 2.24) is 4.98 Å². The van der Waals surface area contributed by atoms with Gasteiger partial charge < -0.3 is 10.1 Å². The first-order valence-corrected chi connectivity index (χ1v) is 7.07. The predicted molar refractivity (Wildman–Crippen MR) is 75.3 cm³/mol. The van der Waals surface area contributed by atoms with Crippen LogP contribution in [0.5, 0.6) is 0 Å². The molecule has 0 bridgehead atoms. The maximum absolute atomic E-state index is 11.8. The summed E-state index contributed by atoms with van der Waals surface area (Å²) in [6.07, 6.45) is 6.69. The van der Waals surface area contributed by atoms with E-state index in [4.69, 9.17) is 4.74 Å². The molecule has 4 nitrogen and oxygen atoms in total. The lowest BCUT2D eigenvalue weighted by molar-refractivity contribution is 0.0527. The Kier molecular flexibility index (Phi) is 4.40. The van der Waals surface area contributed by atoms with Crippen LogP contribution in [0.1, 0.15) is 49.9 Å². The normalized spacial score (nSPS) is 15.9. The Morgan fingerprint density at radius 3 is 2.89 bits per heavy atom. The van der Waals surface area contributed by atoms with E-state index < -0.39 is 0 Å². The molecule has 0 radical (unpaired) electrons. The number of esters is 1. The fourth-order valence-corrected chi connectivity index (χ4v) is 2.41. The van der Waals surface area contributed by atoms with E-state index in [1.807, 2.05) is 6.92 Å². The summed E-state index contributed by atoms with van der Waals surface area (Å²) in [4.78, 5) is 16.1. The van der Waals surface area contributed by atoms with E-state index in [1.54, 1.807) is 18.3 Å². The molecule has 0 aromatic carbocycles. The number of aromatic nitrogens is 1. The van der Waals surface area contributed by atoms with Gasteiger partial charge in [-0.1, -0.05) is 13.3 Å². The van der Waals surface area contributed by atoms with Gasteiger partial charge in [0.2, 0.25) is 0 Å². The van der Waals surface area contributed by atoms with E-state index in [2.05, 4.69) is 17.2 Å². The minimum absolute atomic E-state index is 0.307. The minimum atomic E-state index is -0.307. The number of hydrogen-bond donors (Lipinski definition) is 1.